The summed E-state index contributed by atoms with van der Waals surface area (Å²) in [4.78, 5) is 26.3. The number of amides is 2. The van der Waals surface area contributed by atoms with Crippen LogP contribution in [-0.4, -0.2) is 16.9 Å². The maximum atomic E-state index is 12.8. The molecule has 4 nitrogen and oxygen atoms in total. The van der Waals surface area contributed by atoms with Crippen molar-refractivity contribution >= 4 is 68.4 Å². The van der Waals surface area contributed by atoms with Crippen LogP contribution in [-0.2, 0) is 9.59 Å². The highest BCUT2D eigenvalue weighted by Crippen LogP contribution is 2.25. The van der Waals surface area contributed by atoms with Crippen LogP contribution in [0.1, 0.15) is 5.56 Å². The van der Waals surface area contributed by atoms with E-state index in [2.05, 4.69) is 21.2 Å². The van der Waals surface area contributed by atoms with Crippen LogP contribution in [0.3, 0.4) is 0 Å². The molecule has 24 heavy (non-hydrogen) atoms. The summed E-state index contributed by atoms with van der Waals surface area (Å²) in [7, 11) is 0. The Morgan fingerprint density at radius 2 is 1.83 bits per heavy atom. The number of rotatable bonds is 2. The fourth-order valence-corrected chi connectivity index (χ4v) is 3.03. The summed E-state index contributed by atoms with van der Waals surface area (Å²) < 4.78 is 0.802. The number of thiocarbonyl (C=S) groups is 1. The van der Waals surface area contributed by atoms with Crippen molar-refractivity contribution in [3.05, 3.63) is 69.2 Å². The molecule has 0 saturated carbocycles. The Morgan fingerprint density at radius 1 is 1.12 bits per heavy atom. The summed E-state index contributed by atoms with van der Waals surface area (Å²) in [6.45, 7) is 0. The lowest BCUT2D eigenvalue weighted by Gasteiger charge is -2.29. The molecule has 1 aliphatic heterocycles. The number of carbonyl (C=O) groups excluding carboxylic acids is 2. The van der Waals surface area contributed by atoms with Crippen LogP contribution in [0, 0.1) is 0 Å². The fraction of sp³-hybridized carbons (Fsp3) is 0. The molecule has 1 N–H and O–H groups in total. The third-order valence-corrected chi connectivity index (χ3v) is 4.38. The van der Waals surface area contributed by atoms with Crippen molar-refractivity contribution in [2.24, 2.45) is 0 Å². The Labute approximate surface area is 157 Å². The van der Waals surface area contributed by atoms with Gasteiger partial charge in [0.1, 0.15) is 5.57 Å². The third-order valence-electron chi connectivity index (χ3n) is 3.35. The first-order valence-corrected chi connectivity index (χ1v) is 8.46. The number of benzene rings is 2. The van der Waals surface area contributed by atoms with Gasteiger partial charge < -0.3 is 0 Å². The summed E-state index contributed by atoms with van der Waals surface area (Å²) in [5.74, 6) is -0.997. The molecule has 0 unspecified atom stereocenters. The number of hydrogen-bond donors (Lipinski definition) is 1. The van der Waals surface area contributed by atoms with Crippen molar-refractivity contribution in [1.82, 2.24) is 5.32 Å². The quantitative estimate of drug-likeness (QED) is 0.454. The van der Waals surface area contributed by atoms with Gasteiger partial charge in [0.05, 0.1) is 5.69 Å². The Bertz CT molecular complexity index is 880. The van der Waals surface area contributed by atoms with Crippen LogP contribution >= 0.6 is 39.7 Å². The second kappa shape index (κ2) is 6.84. The predicted octanol–water partition coefficient (Wildman–Crippen LogP) is 3.93. The molecular formula is C17H10BrClN2O2S. The third kappa shape index (κ3) is 3.40. The maximum absolute atomic E-state index is 12.8. The average Bonchev–Trinajstić information content (AvgIpc) is 2.53. The summed E-state index contributed by atoms with van der Waals surface area (Å²) in [6.07, 6.45) is 1.51. The average molecular weight is 422 g/mol. The maximum Gasteiger partial charge on any atom is 0.270 e. The summed E-state index contributed by atoms with van der Waals surface area (Å²) >= 11 is 14.4. The molecule has 2 amide bonds. The smallest absolute Gasteiger partial charge is 0.270 e. The van der Waals surface area contributed by atoms with Crippen LogP contribution in [0.4, 0.5) is 5.69 Å². The van der Waals surface area contributed by atoms with Crippen LogP contribution < -0.4 is 10.2 Å². The van der Waals surface area contributed by atoms with Crippen molar-refractivity contribution in [1.29, 1.82) is 0 Å². The van der Waals surface area contributed by atoms with E-state index in [1.54, 1.807) is 42.5 Å². The minimum atomic E-state index is -0.522. The molecule has 1 aliphatic rings. The van der Waals surface area contributed by atoms with Crippen molar-refractivity contribution in [3.8, 4) is 0 Å². The fourth-order valence-electron chi connectivity index (χ4n) is 2.23. The Kier molecular flexibility index (Phi) is 4.80. The number of nitrogens with one attached hydrogen (secondary N) is 1. The zero-order chi connectivity index (χ0) is 17.3. The number of carbonyl (C=O) groups is 2. The Morgan fingerprint density at radius 3 is 2.50 bits per heavy atom. The molecule has 3 rings (SSSR count). The zero-order valence-electron chi connectivity index (χ0n) is 12.1. The topological polar surface area (TPSA) is 49.4 Å². The van der Waals surface area contributed by atoms with E-state index in [0.29, 0.717) is 16.3 Å². The Hall–Kier alpha value is -2.02. The van der Waals surface area contributed by atoms with Crippen LogP contribution in [0.25, 0.3) is 6.08 Å². The van der Waals surface area contributed by atoms with Gasteiger partial charge in [0, 0.05) is 9.50 Å². The van der Waals surface area contributed by atoms with Gasteiger partial charge in [-0.2, -0.15) is 0 Å². The first-order valence-electron chi connectivity index (χ1n) is 6.88. The first-order chi connectivity index (χ1) is 11.5. The van der Waals surface area contributed by atoms with Gasteiger partial charge >= 0.3 is 0 Å². The second-order valence-corrected chi connectivity index (χ2v) is 6.73. The van der Waals surface area contributed by atoms with Crippen LogP contribution in [0.15, 0.2) is 58.6 Å². The van der Waals surface area contributed by atoms with Crippen molar-refractivity contribution in [3.63, 3.8) is 0 Å². The molecule has 1 saturated heterocycles. The Balaban J connectivity index is 2.01. The number of hydrogen-bond acceptors (Lipinski definition) is 3. The number of halogens is 2. The molecule has 120 valence electrons. The lowest BCUT2D eigenvalue weighted by atomic mass is 10.1. The number of nitrogens with zero attached hydrogens (tertiary/aromatic N) is 1. The van der Waals surface area contributed by atoms with Gasteiger partial charge in [-0.25, -0.2) is 0 Å². The highest BCUT2D eigenvalue weighted by molar-refractivity contribution is 9.10. The van der Waals surface area contributed by atoms with E-state index in [0.717, 1.165) is 4.47 Å². The predicted molar refractivity (Wildman–Crippen MR) is 102 cm³/mol. The standard InChI is InChI=1S/C17H10BrClN2O2S/c18-11-2-1-3-13(9-11)21-16(23)14(15(22)20-17(21)24)8-10-4-6-12(19)7-5-10/h1-9H,(H,20,22,24)/b14-8+. The van der Waals surface area contributed by atoms with Gasteiger partial charge in [0.2, 0.25) is 0 Å². The van der Waals surface area contributed by atoms with E-state index in [1.165, 1.54) is 11.0 Å². The van der Waals surface area contributed by atoms with Crippen molar-refractivity contribution in [2.75, 3.05) is 4.90 Å². The molecule has 0 atom stereocenters. The van der Waals surface area contributed by atoms with Crippen molar-refractivity contribution < 1.29 is 9.59 Å². The minimum Gasteiger partial charge on any atom is -0.298 e. The number of anilines is 1. The molecule has 0 aromatic heterocycles. The van der Waals surface area contributed by atoms with Gasteiger partial charge in [-0.1, -0.05) is 45.7 Å². The highest BCUT2D eigenvalue weighted by Gasteiger charge is 2.34. The molecule has 7 heteroatoms. The molecule has 2 aromatic carbocycles. The molecule has 0 aliphatic carbocycles. The van der Waals surface area contributed by atoms with Gasteiger partial charge in [-0.15, -0.1) is 0 Å². The van der Waals surface area contributed by atoms with Gasteiger partial charge in [0.15, 0.2) is 5.11 Å². The van der Waals surface area contributed by atoms with Crippen LogP contribution in [0.2, 0.25) is 5.02 Å². The molecule has 1 fully saturated rings. The molecule has 1 heterocycles. The largest absolute Gasteiger partial charge is 0.298 e. The molecule has 0 radical (unpaired) electrons. The monoisotopic (exact) mass is 420 g/mol. The normalized spacial score (nSPS) is 16.5. The second-order valence-electron chi connectivity index (χ2n) is 4.99. The van der Waals surface area contributed by atoms with E-state index in [9.17, 15) is 9.59 Å². The van der Waals surface area contributed by atoms with Crippen LogP contribution in [0.5, 0.6) is 0 Å². The lowest BCUT2D eigenvalue weighted by Crippen LogP contribution is -2.54. The molecular weight excluding hydrogens is 412 g/mol. The van der Waals surface area contributed by atoms with Gasteiger partial charge in [0.25, 0.3) is 11.8 Å². The van der Waals surface area contributed by atoms with E-state index in [-0.39, 0.29) is 10.7 Å². The molecule has 0 spiro atoms. The van der Waals surface area contributed by atoms with E-state index >= 15 is 0 Å². The van der Waals surface area contributed by atoms with Crippen molar-refractivity contribution in [2.45, 2.75) is 0 Å². The molecule has 2 aromatic rings. The molecule has 0 bridgehead atoms. The van der Waals surface area contributed by atoms with E-state index in [4.69, 9.17) is 23.8 Å². The summed E-state index contributed by atoms with van der Waals surface area (Å²) in [5, 5.41) is 3.18. The van der Waals surface area contributed by atoms with E-state index < -0.39 is 11.8 Å². The minimum absolute atomic E-state index is 0.00546. The van der Waals surface area contributed by atoms with Gasteiger partial charge in [-0.05, 0) is 54.2 Å². The summed E-state index contributed by atoms with van der Waals surface area (Å²) in [5.41, 5.74) is 1.27. The van der Waals surface area contributed by atoms with E-state index in [1.807, 2.05) is 6.07 Å². The first kappa shape index (κ1) is 16.8. The summed E-state index contributed by atoms with van der Waals surface area (Å²) in [6, 6.07) is 14.0. The zero-order valence-corrected chi connectivity index (χ0v) is 15.3. The lowest BCUT2D eigenvalue weighted by molar-refractivity contribution is -0.122. The SMILES string of the molecule is O=C1NC(=S)N(c2cccc(Br)c2)C(=O)/C1=C/c1ccc(Cl)cc1. The highest BCUT2D eigenvalue weighted by atomic mass is 79.9. The van der Waals surface area contributed by atoms with Gasteiger partial charge in [-0.3, -0.25) is 19.8 Å².